The van der Waals surface area contributed by atoms with E-state index in [0.717, 1.165) is 31.4 Å². The Morgan fingerprint density at radius 2 is 1.79 bits per heavy atom. The van der Waals surface area contributed by atoms with Crippen LogP contribution in [0.4, 0.5) is 0 Å². The van der Waals surface area contributed by atoms with Gasteiger partial charge in [0, 0.05) is 25.6 Å². The van der Waals surface area contributed by atoms with Gasteiger partial charge in [0.25, 0.3) is 0 Å². The molecule has 1 N–H and O–H groups in total. The van der Waals surface area contributed by atoms with Gasteiger partial charge < -0.3 is 10.2 Å². The highest BCUT2D eigenvalue weighted by Gasteiger charge is 2.27. The molecule has 24 heavy (non-hydrogen) atoms. The number of amides is 2. The Hall–Kier alpha value is -1.84. The lowest BCUT2D eigenvalue weighted by atomic mass is 9.95. The van der Waals surface area contributed by atoms with E-state index in [2.05, 4.69) is 19.2 Å². The predicted molar refractivity (Wildman–Crippen MR) is 96.7 cm³/mol. The van der Waals surface area contributed by atoms with Crippen molar-refractivity contribution in [2.45, 2.75) is 46.5 Å². The molecule has 0 spiro atoms. The molecule has 1 aromatic rings. The van der Waals surface area contributed by atoms with E-state index >= 15 is 0 Å². The number of carbonyl (C=O) groups excluding carboxylic acids is 2. The van der Waals surface area contributed by atoms with Gasteiger partial charge >= 0.3 is 0 Å². The molecule has 0 unspecified atom stereocenters. The number of aryl methyl sites for hydroxylation is 1. The highest BCUT2D eigenvalue weighted by molar-refractivity contribution is 5.81. The molecule has 2 rings (SSSR count). The average molecular weight is 330 g/mol. The third kappa shape index (κ3) is 5.66. The van der Waals surface area contributed by atoms with Crippen LogP contribution in [0.3, 0.4) is 0 Å². The molecule has 0 bridgehead atoms. The molecule has 0 saturated carbocycles. The maximum absolute atomic E-state index is 12.4. The Bertz CT molecular complexity index is 543. The topological polar surface area (TPSA) is 49.4 Å². The molecule has 1 heterocycles. The minimum atomic E-state index is 0.0561. The Kier molecular flexibility index (Phi) is 6.83. The van der Waals surface area contributed by atoms with Crippen molar-refractivity contribution >= 4 is 11.8 Å². The second-order valence-electron chi connectivity index (χ2n) is 7.29. The third-order valence-corrected chi connectivity index (χ3v) is 4.72. The van der Waals surface area contributed by atoms with Gasteiger partial charge in [-0.05, 0) is 37.7 Å². The van der Waals surface area contributed by atoms with Crippen LogP contribution in [0.15, 0.2) is 24.3 Å². The standard InChI is InChI=1S/C20H30N2O2/c1-15(2)8-11-21-20(24)18-9-12-22(13-10-18)19(23)14-17-6-4-16(3)5-7-17/h4-7,15,18H,8-14H2,1-3H3,(H,21,24). The van der Waals surface area contributed by atoms with E-state index in [1.807, 2.05) is 36.1 Å². The molecule has 1 fully saturated rings. The molecule has 4 heteroatoms. The summed E-state index contributed by atoms with van der Waals surface area (Å²) in [5.74, 6) is 0.978. The van der Waals surface area contributed by atoms with Gasteiger partial charge in [-0.25, -0.2) is 0 Å². The molecule has 132 valence electrons. The van der Waals surface area contributed by atoms with Crippen molar-refractivity contribution in [3.8, 4) is 0 Å². The first kappa shape index (κ1) is 18.5. The van der Waals surface area contributed by atoms with Gasteiger partial charge in [0.1, 0.15) is 0 Å². The number of piperidine rings is 1. The van der Waals surface area contributed by atoms with Gasteiger partial charge in [-0.3, -0.25) is 9.59 Å². The molecule has 0 atom stereocenters. The van der Waals surface area contributed by atoms with Crippen LogP contribution < -0.4 is 5.32 Å². The van der Waals surface area contributed by atoms with E-state index < -0.39 is 0 Å². The number of hydrogen-bond acceptors (Lipinski definition) is 2. The van der Waals surface area contributed by atoms with Gasteiger partial charge in [-0.15, -0.1) is 0 Å². The second-order valence-corrected chi connectivity index (χ2v) is 7.29. The highest BCUT2D eigenvalue weighted by atomic mass is 16.2. The molecular formula is C20H30N2O2. The van der Waals surface area contributed by atoms with E-state index in [4.69, 9.17) is 0 Å². The second kappa shape index (κ2) is 8.86. The smallest absolute Gasteiger partial charge is 0.226 e. The third-order valence-electron chi connectivity index (χ3n) is 4.72. The average Bonchev–Trinajstić information content (AvgIpc) is 2.56. The van der Waals surface area contributed by atoms with Crippen LogP contribution in [0.5, 0.6) is 0 Å². The van der Waals surface area contributed by atoms with Crippen molar-refractivity contribution in [2.75, 3.05) is 19.6 Å². The molecule has 0 aromatic heterocycles. The van der Waals surface area contributed by atoms with Crippen LogP contribution in [0.1, 0.15) is 44.2 Å². The maximum atomic E-state index is 12.4. The van der Waals surface area contributed by atoms with Crippen LogP contribution >= 0.6 is 0 Å². The molecule has 0 radical (unpaired) electrons. The maximum Gasteiger partial charge on any atom is 0.226 e. The van der Waals surface area contributed by atoms with Crippen molar-refractivity contribution in [1.29, 1.82) is 0 Å². The Morgan fingerprint density at radius 1 is 1.17 bits per heavy atom. The predicted octanol–water partition coefficient (Wildman–Crippen LogP) is 2.94. The summed E-state index contributed by atoms with van der Waals surface area (Å²) in [6.45, 7) is 8.49. The Morgan fingerprint density at radius 3 is 2.38 bits per heavy atom. The van der Waals surface area contributed by atoms with Crippen molar-refractivity contribution in [3.63, 3.8) is 0 Å². The number of benzene rings is 1. The minimum Gasteiger partial charge on any atom is -0.356 e. The Labute approximate surface area is 145 Å². The van der Waals surface area contributed by atoms with E-state index in [9.17, 15) is 9.59 Å². The van der Waals surface area contributed by atoms with Crippen LogP contribution in [0, 0.1) is 18.8 Å². The molecule has 1 aliphatic rings. The first-order valence-corrected chi connectivity index (χ1v) is 9.06. The SMILES string of the molecule is Cc1ccc(CC(=O)N2CCC(C(=O)NCCC(C)C)CC2)cc1. The summed E-state index contributed by atoms with van der Waals surface area (Å²) in [4.78, 5) is 26.5. The van der Waals surface area contributed by atoms with Gasteiger partial charge in [-0.2, -0.15) is 0 Å². The zero-order valence-corrected chi connectivity index (χ0v) is 15.2. The summed E-state index contributed by atoms with van der Waals surface area (Å²) < 4.78 is 0. The molecule has 1 aliphatic heterocycles. The molecule has 1 aromatic carbocycles. The van der Waals surface area contributed by atoms with Crippen molar-refractivity contribution in [2.24, 2.45) is 11.8 Å². The Balaban J connectivity index is 1.74. The van der Waals surface area contributed by atoms with E-state index in [0.29, 0.717) is 25.4 Å². The normalized spacial score (nSPS) is 15.6. The molecule has 1 saturated heterocycles. The first-order valence-electron chi connectivity index (χ1n) is 9.06. The summed E-state index contributed by atoms with van der Waals surface area (Å²) in [6, 6.07) is 8.11. The van der Waals surface area contributed by atoms with Gasteiger partial charge in [0.15, 0.2) is 0 Å². The van der Waals surface area contributed by atoms with Crippen molar-refractivity contribution < 1.29 is 9.59 Å². The van der Waals surface area contributed by atoms with Crippen LogP contribution in [0.25, 0.3) is 0 Å². The summed E-state index contributed by atoms with van der Waals surface area (Å²) in [7, 11) is 0. The van der Waals surface area contributed by atoms with Crippen molar-refractivity contribution in [3.05, 3.63) is 35.4 Å². The number of rotatable bonds is 6. The summed E-state index contributed by atoms with van der Waals surface area (Å²) in [6.07, 6.45) is 3.01. The van der Waals surface area contributed by atoms with E-state index in [1.165, 1.54) is 5.56 Å². The molecule has 4 nitrogen and oxygen atoms in total. The summed E-state index contributed by atoms with van der Waals surface area (Å²) >= 11 is 0. The molecule has 2 amide bonds. The van der Waals surface area contributed by atoms with Crippen molar-refractivity contribution in [1.82, 2.24) is 10.2 Å². The van der Waals surface area contributed by atoms with Gasteiger partial charge in [-0.1, -0.05) is 43.7 Å². The molecular weight excluding hydrogens is 300 g/mol. The zero-order valence-electron chi connectivity index (χ0n) is 15.2. The lowest BCUT2D eigenvalue weighted by molar-refractivity contribution is -0.135. The number of nitrogens with one attached hydrogen (secondary N) is 1. The highest BCUT2D eigenvalue weighted by Crippen LogP contribution is 2.18. The monoisotopic (exact) mass is 330 g/mol. The lowest BCUT2D eigenvalue weighted by Crippen LogP contribution is -2.43. The number of carbonyl (C=O) groups is 2. The minimum absolute atomic E-state index is 0.0561. The number of nitrogens with zero attached hydrogens (tertiary/aromatic N) is 1. The quantitative estimate of drug-likeness (QED) is 0.872. The van der Waals surface area contributed by atoms with Crippen LogP contribution in [0.2, 0.25) is 0 Å². The van der Waals surface area contributed by atoms with E-state index in [1.54, 1.807) is 0 Å². The summed E-state index contributed by atoms with van der Waals surface area (Å²) in [5, 5.41) is 3.03. The van der Waals surface area contributed by atoms with Gasteiger partial charge in [0.05, 0.1) is 6.42 Å². The number of likely N-dealkylation sites (tertiary alicyclic amines) is 1. The largest absolute Gasteiger partial charge is 0.356 e. The number of hydrogen-bond donors (Lipinski definition) is 1. The first-order chi connectivity index (χ1) is 11.5. The fourth-order valence-corrected chi connectivity index (χ4v) is 3.01. The lowest BCUT2D eigenvalue weighted by Gasteiger charge is -2.31. The summed E-state index contributed by atoms with van der Waals surface area (Å²) in [5.41, 5.74) is 2.26. The molecule has 0 aliphatic carbocycles. The van der Waals surface area contributed by atoms with Crippen LogP contribution in [-0.2, 0) is 16.0 Å². The van der Waals surface area contributed by atoms with Crippen LogP contribution in [-0.4, -0.2) is 36.3 Å². The fourth-order valence-electron chi connectivity index (χ4n) is 3.01. The van der Waals surface area contributed by atoms with E-state index in [-0.39, 0.29) is 17.7 Å². The fraction of sp³-hybridized carbons (Fsp3) is 0.600. The van der Waals surface area contributed by atoms with Gasteiger partial charge in [0.2, 0.25) is 11.8 Å². The zero-order chi connectivity index (χ0) is 17.5.